The molecule has 0 saturated heterocycles. The van der Waals surface area contributed by atoms with Crippen molar-refractivity contribution in [3.05, 3.63) is 48.6 Å². The Balaban J connectivity index is 0. The van der Waals surface area contributed by atoms with Crippen molar-refractivity contribution in [3.8, 4) is 0 Å². The SMILES string of the molecule is CCCCCC=CCC=CCC=CCC=CCCCC(=O)O.[KH]. The predicted octanol–water partition coefficient (Wildman–Crippen LogP) is 5.57. The van der Waals surface area contributed by atoms with E-state index in [9.17, 15) is 4.79 Å². The average molecular weight is 345 g/mol. The fourth-order valence-corrected chi connectivity index (χ4v) is 1.93. The fraction of sp³-hybridized carbons (Fsp3) is 0.550. The second-order valence-corrected chi connectivity index (χ2v) is 5.37. The summed E-state index contributed by atoms with van der Waals surface area (Å²) in [7, 11) is 0. The van der Waals surface area contributed by atoms with E-state index in [1.807, 2.05) is 0 Å². The molecule has 0 atom stereocenters. The molecule has 0 saturated carbocycles. The van der Waals surface area contributed by atoms with E-state index in [1.165, 1.54) is 25.7 Å². The van der Waals surface area contributed by atoms with Crippen molar-refractivity contribution in [3.63, 3.8) is 0 Å². The molecule has 23 heavy (non-hydrogen) atoms. The van der Waals surface area contributed by atoms with E-state index in [1.54, 1.807) is 0 Å². The van der Waals surface area contributed by atoms with Crippen molar-refractivity contribution in [2.75, 3.05) is 0 Å². The van der Waals surface area contributed by atoms with Crippen molar-refractivity contribution < 1.29 is 9.90 Å². The van der Waals surface area contributed by atoms with Crippen LogP contribution in [0.3, 0.4) is 0 Å². The number of hydrogen-bond donors (Lipinski definition) is 1. The number of hydrogen-bond acceptors (Lipinski definition) is 1. The number of unbranched alkanes of at least 4 members (excludes halogenated alkanes) is 4. The van der Waals surface area contributed by atoms with Gasteiger partial charge in [0.2, 0.25) is 0 Å². The van der Waals surface area contributed by atoms with Gasteiger partial charge in [-0.15, -0.1) is 0 Å². The third-order valence-corrected chi connectivity index (χ3v) is 3.22. The van der Waals surface area contributed by atoms with Crippen LogP contribution in [0, 0.1) is 0 Å². The van der Waals surface area contributed by atoms with Crippen LogP contribution < -0.4 is 0 Å². The first-order valence-corrected chi connectivity index (χ1v) is 8.59. The molecule has 0 heterocycles. The molecule has 0 rings (SSSR count). The van der Waals surface area contributed by atoms with Gasteiger partial charge in [-0.05, 0) is 44.9 Å². The molecule has 1 N–H and O–H groups in total. The summed E-state index contributed by atoms with van der Waals surface area (Å²) in [5.74, 6) is -0.712. The zero-order valence-corrected chi connectivity index (χ0v) is 14.0. The molecule has 2 nitrogen and oxygen atoms in total. The van der Waals surface area contributed by atoms with Gasteiger partial charge in [0.05, 0.1) is 0 Å². The molecule has 0 aliphatic heterocycles. The van der Waals surface area contributed by atoms with Crippen LogP contribution in [-0.4, -0.2) is 62.5 Å². The maximum absolute atomic E-state index is 10.3. The summed E-state index contributed by atoms with van der Waals surface area (Å²) in [5, 5.41) is 8.49. The molecule has 0 fully saturated rings. The van der Waals surface area contributed by atoms with Crippen LogP contribution in [0.25, 0.3) is 0 Å². The Morgan fingerprint density at radius 1 is 0.739 bits per heavy atom. The summed E-state index contributed by atoms with van der Waals surface area (Å²) in [6.45, 7) is 2.23. The third-order valence-electron chi connectivity index (χ3n) is 3.22. The first kappa shape index (κ1) is 25.3. The first-order chi connectivity index (χ1) is 10.8. The molecule has 3 heteroatoms. The number of carboxylic acids is 1. The Bertz CT molecular complexity index is 368. The Hall–Kier alpha value is 0.0664. The Kier molecular flexibility index (Phi) is 24.3. The van der Waals surface area contributed by atoms with E-state index in [4.69, 9.17) is 5.11 Å². The van der Waals surface area contributed by atoms with Crippen LogP contribution >= 0.6 is 0 Å². The van der Waals surface area contributed by atoms with Crippen LogP contribution in [0.2, 0.25) is 0 Å². The van der Waals surface area contributed by atoms with Crippen molar-refractivity contribution in [2.45, 2.75) is 71.1 Å². The van der Waals surface area contributed by atoms with Gasteiger partial charge in [0.1, 0.15) is 0 Å². The van der Waals surface area contributed by atoms with Gasteiger partial charge in [-0.2, -0.15) is 0 Å². The molecule has 0 bridgehead atoms. The van der Waals surface area contributed by atoms with Crippen LogP contribution in [-0.2, 0) is 4.79 Å². The van der Waals surface area contributed by atoms with Gasteiger partial charge in [-0.1, -0.05) is 68.4 Å². The summed E-state index contributed by atoms with van der Waals surface area (Å²) >= 11 is 0. The van der Waals surface area contributed by atoms with Gasteiger partial charge >= 0.3 is 57.4 Å². The van der Waals surface area contributed by atoms with E-state index in [0.29, 0.717) is 0 Å². The summed E-state index contributed by atoms with van der Waals surface area (Å²) in [5.41, 5.74) is 0. The van der Waals surface area contributed by atoms with E-state index >= 15 is 0 Å². The topological polar surface area (TPSA) is 37.3 Å². The third kappa shape index (κ3) is 24.4. The number of carboxylic acid groups (broad SMARTS) is 1. The maximum atomic E-state index is 10.3. The van der Waals surface area contributed by atoms with Gasteiger partial charge in [0, 0.05) is 6.42 Å². The predicted molar refractivity (Wildman–Crippen MR) is 103 cm³/mol. The van der Waals surface area contributed by atoms with E-state index in [2.05, 4.69) is 55.5 Å². The molecule has 0 amide bonds. The number of carbonyl (C=O) groups is 1. The van der Waals surface area contributed by atoms with Crippen LogP contribution in [0.15, 0.2) is 48.6 Å². The molecule has 0 aromatic heterocycles. The summed E-state index contributed by atoms with van der Waals surface area (Å²) < 4.78 is 0. The van der Waals surface area contributed by atoms with Crippen LogP contribution in [0.5, 0.6) is 0 Å². The first-order valence-electron chi connectivity index (χ1n) is 8.59. The molecule has 0 unspecified atom stereocenters. The summed E-state index contributed by atoms with van der Waals surface area (Å²) in [6.07, 6.45) is 27.3. The second-order valence-electron chi connectivity index (χ2n) is 5.37. The summed E-state index contributed by atoms with van der Waals surface area (Å²) in [4.78, 5) is 10.3. The fourth-order valence-electron chi connectivity index (χ4n) is 1.93. The van der Waals surface area contributed by atoms with E-state index in [-0.39, 0.29) is 57.8 Å². The number of aliphatic carboxylic acids is 1. The monoisotopic (exact) mass is 344 g/mol. The van der Waals surface area contributed by atoms with Crippen LogP contribution in [0.4, 0.5) is 0 Å². The minimum atomic E-state index is -0.712. The van der Waals surface area contributed by atoms with Crippen molar-refractivity contribution in [2.24, 2.45) is 0 Å². The number of allylic oxidation sites excluding steroid dienone is 8. The minimum absolute atomic E-state index is 0. The summed E-state index contributed by atoms with van der Waals surface area (Å²) in [6, 6.07) is 0. The zero-order chi connectivity index (χ0) is 16.3. The van der Waals surface area contributed by atoms with E-state index in [0.717, 1.165) is 32.1 Å². The van der Waals surface area contributed by atoms with Crippen molar-refractivity contribution >= 4 is 57.4 Å². The molecular weight excluding hydrogens is 311 g/mol. The normalized spacial score (nSPS) is 11.9. The molecule has 0 aliphatic rings. The molecule has 0 aromatic carbocycles. The quantitative estimate of drug-likeness (QED) is 0.254. The Morgan fingerprint density at radius 3 is 1.61 bits per heavy atom. The van der Waals surface area contributed by atoms with Crippen molar-refractivity contribution in [1.29, 1.82) is 0 Å². The second kappa shape index (κ2) is 22.1. The van der Waals surface area contributed by atoms with Gasteiger partial charge in [-0.3, -0.25) is 4.79 Å². The molecule has 0 aromatic rings. The Morgan fingerprint density at radius 2 is 1.17 bits per heavy atom. The molecular formula is C20H33KO2. The number of rotatable bonds is 14. The van der Waals surface area contributed by atoms with Gasteiger partial charge in [0.25, 0.3) is 0 Å². The molecule has 0 radical (unpaired) electrons. The average Bonchev–Trinajstić information content (AvgIpc) is 2.50. The van der Waals surface area contributed by atoms with Crippen LogP contribution in [0.1, 0.15) is 71.1 Å². The molecule has 0 aliphatic carbocycles. The molecule has 126 valence electrons. The van der Waals surface area contributed by atoms with Crippen molar-refractivity contribution in [1.82, 2.24) is 0 Å². The Labute approximate surface area is 185 Å². The van der Waals surface area contributed by atoms with Gasteiger partial charge in [0.15, 0.2) is 0 Å². The zero-order valence-electron chi connectivity index (χ0n) is 14.0. The van der Waals surface area contributed by atoms with E-state index < -0.39 is 5.97 Å². The standard InChI is InChI=1S/C20H32O2.K.H/c1-2-3-4-5-6-7-8-9-10-11-12-13-14-15-16-17-18-19-20(21)22;;/h6-7,9-10,12-13,15-16H,2-5,8,11,14,17-19H2,1H3,(H,21,22);;. The van der Waals surface area contributed by atoms with Gasteiger partial charge in [-0.25, -0.2) is 0 Å². The van der Waals surface area contributed by atoms with Gasteiger partial charge < -0.3 is 5.11 Å². The molecule has 0 spiro atoms.